The van der Waals surface area contributed by atoms with Gasteiger partial charge in [0, 0.05) is 23.4 Å². The van der Waals surface area contributed by atoms with Crippen molar-refractivity contribution >= 4 is 32.6 Å². The molecule has 0 atom stereocenters. The van der Waals surface area contributed by atoms with E-state index in [-0.39, 0.29) is 11.0 Å². The molecule has 136 valence electrons. The molecule has 0 aliphatic carbocycles. The Balaban J connectivity index is 1.98. The molecule has 1 aliphatic heterocycles. The lowest BCUT2D eigenvalue weighted by molar-refractivity contribution is 0.0851. The first-order chi connectivity index (χ1) is 12.9. The highest BCUT2D eigenvalue weighted by Gasteiger charge is 2.29. The van der Waals surface area contributed by atoms with Gasteiger partial charge in [-0.25, -0.2) is 0 Å². The number of hydrogen-bond acceptors (Lipinski definition) is 2. The van der Waals surface area contributed by atoms with E-state index in [4.69, 9.17) is 4.74 Å². The number of pyridine rings is 1. The molecule has 0 fully saturated rings. The van der Waals surface area contributed by atoms with Crippen molar-refractivity contribution in [3.8, 4) is 5.75 Å². The second-order valence-corrected chi connectivity index (χ2v) is 8.36. The van der Waals surface area contributed by atoms with Crippen molar-refractivity contribution in [1.29, 1.82) is 0 Å². The van der Waals surface area contributed by atoms with E-state index >= 15 is 0 Å². The van der Waals surface area contributed by atoms with Crippen LogP contribution in [-0.2, 0) is 13.5 Å². The first-order valence-corrected chi connectivity index (χ1v) is 9.52. The van der Waals surface area contributed by atoms with Crippen molar-refractivity contribution in [3.63, 3.8) is 0 Å². The zero-order valence-electron chi connectivity index (χ0n) is 16.2. The van der Waals surface area contributed by atoms with Gasteiger partial charge < -0.3 is 9.30 Å². The van der Waals surface area contributed by atoms with E-state index in [1.807, 2.05) is 31.2 Å². The van der Waals surface area contributed by atoms with Crippen LogP contribution in [0.3, 0.4) is 0 Å². The van der Waals surface area contributed by atoms with Gasteiger partial charge in [-0.15, -0.1) is 0 Å². The molecule has 0 saturated carbocycles. The van der Waals surface area contributed by atoms with Crippen molar-refractivity contribution in [2.24, 2.45) is 7.05 Å². The lowest BCUT2D eigenvalue weighted by Crippen LogP contribution is -2.33. The highest BCUT2D eigenvalue weighted by Crippen LogP contribution is 2.39. The van der Waals surface area contributed by atoms with Gasteiger partial charge in [-0.05, 0) is 68.1 Å². The minimum Gasteiger partial charge on any atom is -0.487 e. The normalized spacial score (nSPS) is 15.9. The Morgan fingerprint density at radius 2 is 1.78 bits per heavy atom. The molecule has 0 spiro atoms. The largest absolute Gasteiger partial charge is 0.487 e. The van der Waals surface area contributed by atoms with Gasteiger partial charge in [0.15, 0.2) is 5.43 Å². The molecule has 3 nitrogen and oxygen atoms in total. The van der Waals surface area contributed by atoms with Gasteiger partial charge in [0.1, 0.15) is 11.4 Å². The first kappa shape index (κ1) is 16.4. The van der Waals surface area contributed by atoms with Crippen molar-refractivity contribution in [3.05, 3.63) is 63.8 Å². The average molecular weight is 357 g/mol. The summed E-state index contributed by atoms with van der Waals surface area (Å²) in [7, 11) is 2.07. The number of ether oxygens (including phenoxy) is 1. The maximum atomic E-state index is 13.5. The fourth-order valence-electron chi connectivity index (χ4n) is 4.52. The molecular weight excluding hydrogens is 334 g/mol. The Hall–Kier alpha value is -2.81. The van der Waals surface area contributed by atoms with Gasteiger partial charge in [0.05, 0.1) is 11.0 Å². The molecule has 5 rings (SSSR count). The van der Waals surface area contributed by atoms with Gasteiger partial charge in [-0.1, -0.05) is 24.3 Å². The molecule has 0 N–H and O–H groups in total. The number of benzene rings is 3. The average Bonchev–Trinajstić information content (AvgIpc) is 2.63. The maximum Gasteiger partial charge on any atom is 0.197 e. The van der Waals surface area contributed by atoms with Gasteiger partial charge in [0.2, 0.25) is 0 Å². The lowest BCUT2D eigenvalue weighted by atomic mass is 9.90. The second kappa shape index (κ2) is 5.35. The summed E-state index contributed by atoms with van der Waals surface area (Å²) in [5, 5.41) is 3.85. The summed E-state index contributed by atoms with van der Waals surface area (Å²) in [4.78, 5) is 13.5. The molecule has 0 amide bonds. The van der Waals surface area contributed by atoms with E-state index in [2.05, 4.69) is 43.7 Å². The number of hydrogen-bond donors (Lipinski definition) is 0. The number of rotatable bonds is 0. The van der Waals surface area contributed by atoms with E-state index in [0.29, 0.717) is 0 Å². The Morgan fingerprint density at radius 1 is 1.07 bits per heavy atom. The minimum atomic E-state index is -0.168. The predicted octanol–water partition coefficient (Wildman–Crippen LogP) is 5.26. The summed E-state index contributed by atoms with van der Waals surface area (Å²) in [5.74, 6) is 0.923. The van der Waals surface area contributed by atoms with Crippen LogP contribution in [0.2, 0.25) is 0 Å². The van der Waals surface area contributed by atoms with Crippen molar-refractivity contribution in [1.82, 2.24) is 4.57 Å². The van der Waals surface area contributed by atoms with Crippen LogP contribution < -0.4 is 10.2 Å². The van der Waals surface area contributed by atoms with E-state index in [1.165, 1.54) is 0 Å². The quantitative estimate of drug-likeness (QED) is 0.402. The summed E-state index contributed by atoms with van der Waals surface area (Å²) >= 11 is 0. The van der Waals surface area contributed by atoms with Crippen LogP contribution in [0, 0.1) is 6.92 Å². The van der Waals surface area contributed by atoms with E-state index in [9.17, 15) is 4.79 Å². The summed E-state index contributed by atoms with van der Waals surface area (Å²) in [6.45, 7) is 6.27. The number of aromatic nitrogens is 1. The van der Waals surface area contributed by atoms with Gasteiger partial charge >= 0.3 is 0 Å². The molecule has 0 saturated heterocycles. The molecule has 27 heavy (non-hydrogen) atoms. The zero-order valence-corrected chi connectivity index (χ0v) is 16.2. The predicted molar refractivity (Wildman–Crippen MR) is 112 cm³/mol. The van der Waals surface area contributed by atoms with Crippen LogP contribution >= 0.6 is 0 Å². The fraction of sp³-hybridized carbons (Fsp3) is 0.292. The molecule has 0 bridgehead atoms. The van der Waals surface area contributed by atoms with Crippen molar-refractivity contribution in [2.75, 3.05) is 0 Å². The summed E-state index contributed by atoms with van der Waals surface area (Å²) in [6.07, 6.45) is 1.87. The monoisotopic (exact) mass is 357 g/mol. The number of fused-ring (bicyclic) bond motifs is 5. The molecule has 3 aromatic carbocycles. The summed E-state index contributed by atoms with van der Waals surface area (Å²) < 4.78 is 8.46. The zero-order chi connectivity index (χ0) is 18.9. The van der Waals surface area contributed by atoms with Crippen LogP contribution in [0.1, 0.15) is 31.4 Å². The first-order valence-electron chi connectivity index (χ1n) is 9.52. The summed E-state index contributed by atoms with van der Waals surface area (Å²) in [5.41, 5.74) is 4.09. The molecule has 0 radical (unpaired) electrons. The molecule has 1 aliphatic rings. The lowest BCUT2D eigenvalue weighted by Gasteiger charge is -2.34. The highest BCUT2D eigenvalue weighted by atomic mass is 16.5. The van der Waals surface area contributed by atoms with Crippen molar-refractivity contribution in [2.45, 2.75) is 39.2 Å². The smallest absolute Gasteiger partial charge is 0.197 e. The topological polar surface area (TPSA) is 31.2 Å². The Labute approximate surface area is 158 Å². The van der Waals surface area contributed by atoms with E-state index in [0.717, 1.165) is 62.3 Å². The van der Waals surface area contributed by atoms with E-state index in [1.54, 1.807) is 0 Å². The maximum absolute atomic E-state index is 13.5. The Morgan fingerprint density at radius 3 is 2.52 bits per heavy atom. The SMILES string of the molecule is Cc1cc2c(c3c1c(=O)c1cc4ccccc4cc1n3C)CCC(C)(C)O2. The third-order valence-corrected chi connectivity index (χ3v) is 5.96. The summed E-state index contributed by atoms with van der Waals surface area (Å²) in [6, 6.07) is 14.4. The molecule has 3 heteroatoms. The highest BCUT2D eigenvalue weighted by molar-refractivity contribution is 6.03. The fourth-order valence-corrected chi connectivity index (χ4v) is 4.52. The van der Waals surface area contributed by atoms with Crippen LogP contribution in [-0.4, -0.2) is 10.2 Å². The molecule has 0 unspecified atom stereocenters. The molecule has 4 aromatic rings. The third kappa shape index (κ3) is 2.31. The second-order valence-electron chi connectivity index (χ2n) is 8.36. The molecular formula is C24H23NO2. The Bertz CT molecular complexity index is 1310. The van der Waals surface area contributed by atoms with Crippen LogP contribution in [0.25, 0.3) is 32.6 Å². The standard InChI is InChI=1S/C24H23NO2/c1-14-11-20-17(9-10-24(2,3)27-20)22-21(14)23(26)18-12-15-7-5-6-8-16(15)13-19(18)25(22)4/h5-8,11-13H,9-10H2,1-4H3. The van der Waals surface area contributed by atoms with Gasteiger partial charge in [0.25, 0.3) is 0 Å². The molecule has 2 heterocycles. The van der Waals surface area contributed by atoms with Gasteiger partial charge in [-0.2, -0.15) is 0 Å². The van der Waals surface area contributed by atoms with Crippen LogP contribution in [0.4, 0.5) is 0 Å². The number of aryl methyl sites for hydroxylation is 3. The molecule has 1 aromatic heterocycles. The van der Waals surface area contributed by atoms with Crippen LogP contribution in [0.5, 0.6) is 5.75 Å². The van der Waals surface area contributed by atoms with Gasteiger partial charge in [-0.3, -0.25) is 4.79 Å². The van der Waals surface area contributed by atoms with E-state index < -0.39 is 0 Å². The van der Waals surface area contributed by atoms with Crippen LogP contribution in [0.15, 0.2) is 47.3 Å². The minimum absolute atomic E-state index is 0.119. The Kier molecular flexibility index (Phi) is 3.24. The third-order valence-electron chi connectivity index (χ3n) is 5.96. The van der Waals surface area contributed by atoms with Crippen molar-refractivity contribution < 1.29 is 4.74 Å². The number of nitrogens with zero attached hydrogens (tertiary/aromatic N) is 1.